The van der Waals surface area contributed by atoms with Gasteiger partial charge in [0.1, 0.15) is 16.3 Å². The van der Waals surface area contributed by atoms with Gasteiger partial charge >= 0.3 is 0 Å². The highest BCUT2D eigenvalue weighted by atomic mass is 35.5. The highest BCUT2D eigenvalue weighted by Gasteiger charge is 2.25. The molecule has 0 aliphatic rings. The molecule has 0 saturated carbocycles. The van der Waals surface area contributed by atoms with Crippen LogP contribution < -0.4 is 9.88 Å². The van der Waals surface area contributed by atoms with Crippen LogP contribution >= 0.6 is 11.6 Å². The number of aromatic nitrogens is 1. The average Bonchev–Trinajstić information content (AvgIpc) is 3.00. The molecule has 8 heteroatoms. The summed E-state index contributed by atoms with van der Waals surface area (Å²) in [5, 5.41) is 10.6. The van der Waals surface area contributed by atoms with Gasteiger partial charge in [-0.15, -0.1) is 0 Å². The molecule has 0 saturated heterocycles. The molecular weight excluding hydrogens is 364 g/mol. The molecule has 0 aliphatic carbocycles. The van der Waals surface area contributed by atoms with Gasteiger partial charge in [-0.3, -0.25) is 0 Å². The first-order valence-corrected chi connectivity index (χ1v) is 9.49. The second-order valence-corrected chi connectivity index (χ2v) is 7.58. The Kier molecular flexibility index (Phi) is 4.49. The van der Waals surface area contributed by atoms with E-state index in [1.807, 2.05) is 26.0 Å². The standard InChI is InChI=1S/C17H17ClN2O4S/c1-4-10-7-11(17(23-3)13(8-10)25(19,21)22)16-14-12(24-20-16)6-5-9(2)15(14)18/h5-8H,4H2,1-3H3,(H2,19,21,22). The maximum atomic E-state index is 12.0. The van der Waals surface area contributed by atoms with E-state index in [1.165, 1.54) is 13.2 Å². The number of hydrogen-bond donors (Lipinski definition) is 1. The lowest BCUT2D eigenvalue weighted by molar-refractivity contribution is 0.403. The van der Waals surface area contributed by atoms with Crippen LogP contribution in [0.1, 0.15) is 18.1 Å². The van der Waals surface area contributed by atoms with Crippen molar-refractivity contribution in [1.29, 1.82) is 0 Å². The maximum Gasteiger partial charge on any atom is 0.241 e. The summed E-state index contributed by atoms with van der Waals surface area (Å²) >= 11 is 6.44. The smallest absolute Gasteiger partial charge is 0.241 e. The van der Waals surface area contributed by atoms with Crippen LogP contribution in [0.3, 0.4) is 0 Å². The number of methoxy groups -OCH3 is 1. The Bertz CT molecular complexity index is 1070. The molecule has 0 bridgehead atoms. The Balaban J connectivity index is 2.44. The zero-order valence-electron chi connectivity index (χ0n) is 14.0. The molecule has 25 heavy (non-hydrogen) atoms. The van der Waals surface area contributed by atoms with Gasteiger partial charge in [0.2, 0.25) is 10.0 Å². The first kappa shape index (κ1) is 17.7. The van der Waals surface area contributed by atoms with Crippen LogP contribution in [0.15, 0.2) is 33.7 Å². The van der Waals surface area contributed by atoms with Gasteiger partial charge in [0.05, 0.1) is 17.5 Å². The largest absolute Gasteiger partial charge is 0.495 e. The van der Waals surface area contributed by atoms with E-state index in [0.29, 0.717) is 33.7 Å². The number of ether oxygens (including phenoxy) is 1. The van der Waals surface area contributed by atoms with Gasteiger partial charge in [-0.2, -0.15) is 0 Å². The molecule has 0 atom stereocenters. The van der Waals surface area contributed by atoms with E-state index in [0.717, 1.165) is 11.1 Å². The molecule has 0 unspecified atom stereocenters. The van der Waals surface area contributed by atoms with Crippen LogP contribution in [-0.2, 0) is 16.4 Å². The molecule has 0 radical (unpaired) electrons. The van der Waals surface area contributed by atoms with Crippen LogP contribution in [0, 0.1) is 6.92 Å². The van der Waals surface area contributed by atoms with Crippen molar-refractivity contribution < 1.29 is 17.7 Å². The lowest BCUT2D eigenvalue weighted by Gasteiger charge is -2.13. The van der Waals surface area contributed by atoms with Gasteiger partial charge in [-0.05, 0) is 42.7 Å². The average molecular weight is 381 g/mol. The van der Waals surface area contributed by atoms with Crippen molar-refractivity contribution in [2.75, 3.05) is 7.11 Å². The zero-order valence-corrected chi connectivity index (χ0v) is 15.5. The van der Waals surface area contributed by atoms with Crippen molar-refractivity contribution in [2.24, 2.45) is 5.14 Å². The number of nitrogens with zero attached hydrogens (tertiary/aromatic N) is 1. The summed E-state index contributed by atoms with van der Waals surface area (Å²) in [7, 11) is -2.60. The fraction of sp³-hybridized carbons (Fsp3) is 0.235. The zero-order chi connectivity index (χ0) is 18.4. The Hall–Kier alpha value is -2.09. The summed E-state index contributed by atoms with van der Waals surface area (Å²) in [6.45, 7) is 3.78. The number of hydrogen-bond acceptors (Lipinski definition) is 5. The van der Waals surface area contributed by atoms with Crippen LogP contribution in [-0.4, -0.2) is 20.7 Å². The molecular formula is C17H17ClN2O4S. The number of nitrogens with two attached hydrogens (primary N) is 1. The second-order valence-electron chi connectivity index (χ2n) is 5.67. The van der Waals surface area contributed by atoms with Gasteiger partial charge in [-0.1, -0.05) is 29.7 Å². The number of halogens is 1. The van der Waals surface area contributed by atoms with Crippen LogP contribution in [0.2, 0.25) is 5.02 Å². The molecule has 0 fully saturated rings. The van der Waals surface area contributed by atoms with E-state index >= 15 is 0 Å². The fourth-order valence-electron chi connectivity index (χ4n) is 2.74. The van der Waals surface area contributed by atoms with E-state index in [9.17, 15) is 8.42 Å². The lowest BCUT2D eigenvalue weighted by Crippen LogP contribution is -2.14. The van der Waals surface area contributed by atoms with E-state index < -0.39 is 10.0 Å². The first-order valence-electron chi connectivity index (χ1n) is 7.56. The third-order valence-corrected chi connectivity index (χ3v) is 5.46. The van der Waals surface area contributed by atoms with E-state index in [2.05, 4.69) is 5.16 Å². The second kappa shape index (κ2) is 6.33. The van der Waals surface area contributed by atoms with Gasteiger partial charge in [-0.25, -0.2) is 13.6 Å². The highest BCUT2D eigenvalue weighted by molar-refractivity contribution is 7.89. The normalized spacial score (nSPS) is 11.9. The maximum absolute atomic E-state index is 12.0. The van der Waals surface area contributed by atoms with Crippen molar-refractivity contribution >= 4 is 32.6 Å². The van der Waals surface area contributed by atoms with Crippen LogP contribution in [0.4, 0.5) is 0 Å². The monoisotopic (exact) mass is 380 g/mol. The molecule has 1 heterocycles. The number of benzene rings is 2. The van der Waals surface area contributed by atoms with E-state index in [-0.39, 0.29) is 10.6 Å². The number of fused-ring (bicyclic) bond motifs is 1. The molecule has 0 spiro atoms. The van der Waals surface area contributed by atoms with Gasteiger partial charge in [0.15, 0.2) is 5.58 Å². The van der Waals surface area contributed by atoms with Crippen molar-refractivity contribution in [3.63, 3.8) is 0 Å². The fourth-order valence-corrected chi connectivity index (χ4v) is 3.76. The lowest BCUT2D eigenvalue weighted by atomic mass is 10.0. The third-order valence-electron chi connectivity index (χ3n) is 4.06. The van der Waals surface area contributed by atoms with Crippen molar-refractivity contribution in [3.05, 3.63) is 40.4 Å². The summed E-state index contributed by atoms with van der Waals surface area (Å²) in [6, 6.07) is 6.91. The summed E-state index contributed by atoms with van der Waals surface area (Å²) in [5.41, 5.74) is 3.03. The Morgan fingerprint density at radius 3 is 2.64 bits per heavy atom. The molecule has 2 N–H and O–H groups in total. The van der Waals surface area contributed by atoms with Crippen molar-refractivity contribution in [3.8, 4) is 17.0 Å². The summed E-state index contributed by atoms with van der Waals surface area (Å²) in [6.07, 6.45) is 0.613. The summed E-state index contributed by atoms with van der Waals surface area (Å²) in [5.74, 6) is 0.118. The molecule has 3 rings (SSSR count). The molecule has 0 amide bonds. The summed E-state index contributed by atoms with van der Waals surface area (Å²) in [4.78, 5) is -0.0933. The number of primary sulfonamides is 1. The Morgan fingerprint density at radius 2 is 2.04 bits per heavy atom. The van der Waals surface area contributed by atoms with Crippen molar-refractivity contribution in [1.82, 2.24) is 5.16 Å². The Labute approximate surface area is 150 Å². The van der Waals surface area contributed by atoms with E-state index in [4.69, 9.17) is 26.0 Å². The molecule has 1 aromatic heterocycles. The third kappa shape index (κ3) is 2.99. The number of aryl methyl sites for hydroxylation is 2. The molecule has 0 aliphatic heterocycles. The SMILES string of the molecule is CCc1cc(-c2noc3ccc(C)c(Cl)c23)c(OC)c(S(N)(=O)=O)c1. The minimum absolute atomic E-state index is 0.0933. The molecule has 6 nitrogen and oxygen atoms in total. The van der Waals surface area contributed by atoms with Crippen LogP contribution in [0.25, 0.3) is 22.2 Å². The molecule has 2 aromatic carbocycles. The number of sulfonamides is 1. The predicted octanol–water partition coefficient (Wildman–Crippen LogP) is 3.68. The van der Waals surface area contributed by atoms with Crippen LogP contribution in [0.5, 0.6) is 5.75 Å². The van der Waals surface area contributed by atoms with Gasteiger partial charge < -0.3 is 9.26 Å². The Morgan fingerprint density at radius 1 is 1.32 bits per heavy atom. The van der Waals surface area contributed by atoms with Gasteiger partial charge in [0, 0.05) is 5.56 Å². The summed E-state index contributed by atoms with van der Waals surface area (Å²) < 4.78 is 34.8. The quantitative estimate of drug-likeness (QED) is 0.744. The topological polar surface area (TPSA) is 95.4 Å². The first-order chi connectivity index (χ1) is 11.8. The molecule has 3 aromatic rings. The van der Waals surface area contributed by atoms with Crippen molar-refractivity contribution in [2.45, 2.75) is 25.2 Å². The van der Waals surface area contributed by atoms with E-state index in [1.54, 1.807) is 6.07 Å². The molecule has 132 valence electrons. The highest BCUT2D eigenvalue weighted by Crippen LogP contribution is 2.42. The minimum atomic E-state index is -3.98. The van der Waals surface area contributed by atoms with Gasteiger partial charge in [0.25, 0.3) is 0 Å². The minimum Gasteiger partial charge on any atom is -0.495 e. The predicted molar refractivity (Wildman–Crippen MR) is 96.5 cm³/mol. The number of rotatable bonds is 4.